The summed E-state index contributed by atoms with van der Waals surface area (Å²) in [5, 5.41) is 0. The van der Waals surface area contributed by atoms with Crippen LogP contribution in [0.3, 0.4) is 0 Å². The van der Waals surface area contributed by atoms with Gasteiger partial charge in [0, 0.05) is 25.2 Å². The zero-order chi connectivity index (χ0) is 25.4. The molecule has 0 aliphatic carbocycles. The molecule has 1 unspecified atom stereocenters. The van der Waals surface area contributed by atoms with Crippen molar-refractivity contribution in [1.29, 1.82) is 0 Å². The highest BCUT2D eigenvalue weighted by atomic mass is 32.2. The molecule has 0 N–H and O–H groups in total. The van der Waals surface area contributed by atoms with Crippen LogP contribution in [0.15, 0.2) is 46.3 Å². The van der Waals surface area contributed by atoms with Gasteiger partial charge in [-0.1, -0.05) is 29.0 Å². The summed E-state index contributed by atoms with van der Waals surface area (Å²) in [6, 6.07) is 10.2. The van der Waals surface area contributed by atoms with Crippen LogP contribution in [-0.2, 0) is 30.9 Å². The van der Waals surface area contributed by atoms with Gasteiger partial charge in [-0.15, -0.1) is 0 Å². The van der Waals surface area contributed by atoms with E-state index in [9.17, 15) is 18.0 Å². The average molecular weight is 532 g/mol. The fourth-order valence-electron chi connectivity index (χ4n) is 4.30. The first-order valence-corrected chi connectivity index (χ1v) is 13.7. The van der Waals surface area contributed by atoms with E-state index in [4.69, 9.17) is 14.2 Å². The molecule has 2 aromatic carbocycles. The molecule has 12 heteroatoms. The van der Waals surface area contributed by atoms with Gasteiger partial charge in [-0.3, -0.25) is 9.59 Å². The summed E-state index contributed by atoms with van der Waals surface area (Å²) in [4.78, 5) is 30.2. The summed E-state index contributed by atoms with van der Waals surface area (Å²) in [7, 11) is -2.43. The van der Waals surface area contributed by atoms with Crippen LogP contribution in [0.2, 0.25) is 0 Å². The number of aromatic nitrogens is 1. The maximum atomic E-state index is 13.2. The lowest BCUT2D eigenvalue weighted by atomic mass is 9.99. The van der Waals surface area contributed by atoms with Crippen molar-refractivity contribution in [3.8, 4) is 11.5 Å². The topological polar surface area (TPSA) is 116 Å². The number of benzene rings is 2. The van der Waals surface area contributed by atoms with E-state index in [0.717, 1.165) is 10.3 Å². The third-order valence-electron chi connectivity index (χ3n) is 6.29. The first-order valence-electron chi connectivity index (χ1n) is 11.4. The Labute approximate surface area is 211 Å². The molecule has 1 fully saturated rings. The molecular formula is C24H25N3O7S2. The van der Waals surface area contributed by atoms with Crippen molar-refractivity contribution in [1.82, 2.24) is 8.87 Å². The van der Waals surface area contributed by atoms with Crippen molar-refractivity contribution in [3.63, 3.8) is 0 Å². The van der Waals surface area contributed by atoms with Gasteiger partial charge in [0.05, 0.1) is 28.1 Å². The van der Waals surface area contributed by atoms with Crippen LogP contribution in [0.1, 0.15) is 18.4 Å². The van der Waals surface area contributed by atoms with Gasteiger partial charge in [0.25, 0.3) is 5.91 Å². The Morgan fingerprint density at radius 2 is 1.89 bits per heavy atom. The summed E-state index contributed by atoms with van der Waals surface area (Å²) in [6.45, 7) is 2.26. The van der Waals surface area contributed by atoms with E-state index in [-0.39, 0.29) is 24.8 Å². The lowest BCUT2D eigenvalue weighted by Gasteiger charge is -2.30. The number of carbonyl (C=O) groups is 2. The third-order valence-corrected chi connectivity index (χ3v) is 9.21. The number of sulfonamides is 1. The SMILES string of the molecule is COC(=O)Cn1c(=NC(=O)C2CCCN(S(=O)(=O)c3ccc(C)cc3)C2)sc2cc3c(cc21)OCO3. The number of nitrogens with zero attached hydrogens (tertiary/aromatic N) is 3. The smallest absolute Gasteiger partial charge is 0.325 e. The van der Waals surface area contributed by atoms with Crippen LogP contribution in [0.5, 0.6) is 11.5 Å². The molecule has 2 aliphatic heterocycles. The fourth-order valence-corrected chi connectivity index (χ4v) is 6.87. The molecule has 10 nitrogen and oxygen atoms in total. The van der Waals surface area contributed by atoms with Gasteiger partial charge in [-0.2, -0.15) is 9.30 Å². The largest absolute Gasteiger partial charge is 0.468 e. The summed E-state index contributed by atoms with van der Waals surface area (Å²) >= 11 is 1.24. The predicted octanol–water partition coefficient (Wildman–Crippen LogP) is 2.44. The average Bonchev–Trinajstić information content (AvgIpc) is 3.46. The van der Waals surface area contributed by atoms with Crippen LogP contribution >= 0.6 is 11.3 Å². The molecule has 1 atom stereocenters. The number of hydrogen-bond acceptors (Lipinski definition) is 8. The van der Waals surface area contributed by atoms with Gasteiger partial charge >= 0.3 is 5.97 Å². The van der Waals surface area contributed by atoms with Gasteiger partial charge in [0.2, 0.25) is 16.8 Å². The number of ether oxygens (including phenoxy) is 3. The van der Waals surface area contributed by atoms with Crippen molar-refractivity contribution in [2.75, 3.05) is 27.0 Å². The lowest BCUT2D eigenvalue weighted by Crippen LogP contribution is -2.42. The van der Waals surface area contributed by atoms with Gasteiger partial charge < -0.3 is 18.8 Å². The van der Waals surface area contributed by atoms with Gasteiger partial charge in [0.1, 0.15) is 6.54 Å². The van der Waals surface area contributed by atoms with Crippen LogP contribution in [0.4, 0.5) is 0 Å². The number of esters is 1. The second kappa shape index (κ2) is 9.68. The number of piperidine rings is 1. The molecular weight excluding hydrogens is 506 g/mol. The highest BCUT2D eigenvalue weighted by molar-refractivity contribution is 7.89. The van der Waals surface area contributed by atoms with Gasteiger partial charge in [0.15, 0.2) is 16.3 Å². The first-order chi connectivity index (χ1) is 17.3. The number of methoxy groups -OCH3 is 1. The molecule has 1 aromatic heterocycles. The molecule has 1 saturated heterocycles. The minimum atomic E-state index is -3.72. The second-order valence-corrected chi connectivity index (χ2v) is 11.6. The standard InChI is InChI=1S/C24H25N3O7S2/c1-15-5-7-17(8-6-15)36(30,31)26-9-3-4-16(12-26)23(29)25-24-27(13-22(28)32-2)18-10-19-20(34-14-33-19)11-21(18)35-24/h5-8,10-11,16H,3-4,9,12-14H2,1-2H3. The van der Waals surface area contributed by atoms with Crippen LogP contribution in [0, 0.1) is 12.8 Å². The van der Waals surface area contributed by atoms with Crippen molar-refractivity contribution in [2.45, 2.75) is 31.2 Å². The minimum absolute atomic E-state index is 0.0520. The Kier molecular flexibility index (Phi) is 6.58. The zero-order valence-electron chi connectivity index (χ0n) is 19.8. The molecule has 0 radical (unpaired) electrons. The molecule has 1 amide bonds. The summed E-state index contributed by atoms with van der Waals surface area (Å²) in [5.74, 6) is -0.386. The highest BCUT2D eigenvalue weighted by Crippen LogP contribution is 2.37. The number of fused-ring (bicyclic) bond motifs is 2. The highest BCUT2D eigenvalue weighted by Gasteiger charge is 2.33. The van der Waals surface area contributed by atoms with Crippen molar-refractivity contribution >= 4 is 43.5 Å². The normalized spacial score (nSPS) is 18.5. The molecule has 2 aliphatic rings. The fraction of sp³-hybridized carbons (Fsp3) is 0.375. The van der Waals surface area contributed by atoms with E-state index in [1.165, 1.54) is 22.8 Å². The molecule has 36 heavy (non-hydrogen) atoms. The first kappa shape index (κ1) is 24.5. The van der Waals surface area contributed by atoms with Crippen LogP contribution in [-0.4, -0.2) is 56.2 Å². The Morgan fingerprint density at radius 1 is 1.17 bits per heavy atom. The number of carbonyl (C=O) groups excluding carboxylic acids is 2. The van der Waals surface area contributed by atoms with E-state index < -0.39 is 27.8 Å². The number of rotatable bonds is 5. The second-order valence-electron chi connectivity index (χ2n) is 8.69. The van der Waals surface area contributed by atoms with Crippen LogP contribution in [0.25, 0.3) is 10.2 Å². The van der Waals surface area contributed by atoms with Crippen molar-refractivity contribution in [2.24, 2.45) is 10.9 Å². The summed E-state index contributed by atoms with van der Waals surface area (Å²) in [6.07, 6.45) is 1.08. The molecule has 0 bridgehead atoms. The number of amides is 1. The van der Waals surface area contributed by atoms with Crippen LogP contribution < -0.4 is 14.3 Å². The molecule has 190 valence electrons. The number of aryl methyl sites for hydroxylation is 1. The minimum Gasteiger partial charge on any atom is -0.468 e. The molecule has 0 spiro atoms. The van der Waals surface area contributed by atoms with Gasteiger partial charge in [-0.25, -0.2) is 8.42 Å². The van der Waals surface area contributed by atoms with E-state index in [2.05, 4.69) is 4.99 Å². The quantitative estimate of drug-likeness (QED) is 0.464. The number of thiazole rings is 1. The number of hydrogen-bond donors (Lipinski definition) is 0. The molecule has 3 aromatic rings. The van der Waals surface area contributed by atoms with E-state index >= 15 is 0 Å². The van der Waals surface area contributed by atoms with Crippen molar-refractivity contribution in [3.05, 3.63) is 46.8 Å². The Balaban J connectivity index is 1.46. The maximum absolute atomic E-state index is 13.2. The van der Waals surface area contributed by atoms with E-state index in [1.807, 2.05) is 6.92 Å². The van der Waals surface area contributed by atoms with Crippen molar-refractivity contribution < 1.29 is 32.2 Å². The maximum Gasteiger partial charge on any atom is 0.325 e. The predicted molar refractivity (Wildman–Crippen MR) is 131 cm³/mol. The monoisotopic (exact) mass is 531 g/mol. The third kappa shape index (κ3) is 4.63. The Hall–Kier alpha value is -3.22. The molecule has 3 heterocycles. The summed E-state index contributed by atoms with van der Waals surface area (Å²) in [5.41, 5.74) is 1.62. The van der Waals surface area contributed by atoms with E-state index in [0.29, 0.717) is 41.2 Å². The molecule has 5 rings (SSSR count). The molecule has 0 saturated carbocycles. The lowest BCUT2D eigenvalue weighted by molar-refractivity contribution is -0.141. The van der Waals surface area contributed by atoms with E-state index in [1.54, 1.807) is 41.0 Å². The summed E-state index contributed by atoms with van der Waals surface area (Å²) < 4.78 is 45.8. The Bertz CT molecular complexity index is 1510. The Morgan fingerprint density at radius 3 is 2.61 bits per heavy atom. The van der Waals surface area contributed by atoms with Gasteiger partial charge in [-0.05, 0) is 31.9 Å². The zero-order valence-corrected chi connectivity index (χ0v) is 21.4.